The summed E-state index contributed by atoms with van der Waals surface area (Å²) < 4.78 is 0. The van der Waals surface area contributed by atoms with Crippen molar-refractivity contribution in [3.05, 3.63) is 29.6 Å². The van der Waals surface area contributed by atoms with Gasteiger partial charge in [0.2, 0.25) is 0 Å². The molecule has 2 aliphatic rings. The van der Waals surface area contributed by atoms with Crippen molar-refractivity contribution in [1.29, 1.82) is 0 Å². The third-order valence-electron chi connectivity index (χ3n) is 5.43. The minimum Gasteiger partial charge on any atom is -0.306 e. The monoisotopic (exact) mass is 329 g/mol. The first-order valence-electron chi connectivity index (χ1n) is 8.97. The molecule has 2 saturated heterocycles. The van der Waals surface area contributed by atoms with E-state index >= 15 is 0 Å². The van der Waals surface area contributed by atoms with Gasteiger partial charge in [0.05, 0.1) is 0 Å². The molecule has 0 radical (unpaired) electrons. The predicted octanol–water partition coefficient (Wildman–Crippen LogP) is 2.13. The van der Waals surface area contributed by atoms with Crippen LogP contribution in [0.1, 0.15) is 46.7 Å². The largest absolute Gasteiger partial charge is 0.306 e. The van der Waals surface area contributed by atoms with Crippen molar-refractivity contribution in [3.63, 3.8) is 0 Å². The Morgan fingerprint density at radius 2 is 1.21 bits per heavy atom. The van der Waals surface area contributed by atoms with E-state index in [1.54, 1.807) is 18.2 Å². The smallest absolute Gasteiger partial charge is 0.184 e. The van der Waals surface area contributed by atoms with E-state index in [9.17, 15) is 9.59 Å². The molecule has 5 heteroatoms. The number of hydrogen-bond donors (Lipinski definition) is 0. The van der Waals surface area contributed by atoms with E-state index in [1.165, 1.54) is 0 Å². The van der Waals surface area contributed by atoms with Crippen LogP contribution in [0.25, 0.3) is 0 Å². The molecule has 0 atom stereocenters. The second-order valence-electron chi connectivity index (χ2n) is 7.29. The fraction of sp³-hybridized carbons (Fsp3) is 0.632. The summed E-state index contributed by atoms with van der Waals surface area (Å²) in [6.07, 6.45) is 3.52. The van der Waals surface area contributed by atoms with Crippen molar-refractivity contribution in [3.8, 4) is 0 Å². The standard InChI is InChI=1S/C19H27N3O2/c1-21-10-6-14(7-11-21)18(23)16-4-3-5-17(20-16)19(24)15-8-12-22(2)13-9-15/h3-5,14-15H,6-13H2,1-2H3. The Balaban J connectivity index is 1.69. The maximum Gasteiger partial charge on any atom is 0.184 e. The quantitative estimate of drug-likeness (QED) is 0.792. The van der Waals surface area contributed by atoms with Crippen molar-refractivity contribution >= 4 is 11.6 Å². The Labute approximate surface area is 144 Å². The average molecular weight is 329 g/mol. The summed E-state index contributed by atoms with van der Waals surface area (Å²) >= 11 is 0. The Bertz CT molecular complexity index is 551. The van der Waals surface area contributed by atoms with Gasteiger partial charge in [0, 0.05) is 11.8 Å². The zero-order valence-electron chi connectivity index (χ0n) is 14.7. The van der Waals surface area contributed by atoms with Crippen LogP contribution >= 0.6 is 0 Å². The number of ketones is 2. The fourth-order valence-corrected chi connectivity index (χ4v) is 3.67. The lowest BCUT2D eigenvalue weighted by molar-refractivity contribution is 0.0845. The summed E-state index contributed by atoms with van der Waals surface area (Å²) in [6.45, 7) is 3.80. The summed E-state index contributed by atoms with van der Waals surface area (Å²) in [5.41, 5.74) is 0.923. The molecular formula is C19H27N3O2. The van der Waals surface area contributed by atoms with Crippen molar-refractivity contribution < 1.29 is 9.59 Å². The molecule has 2 fully saturated rings. The van der Waals surface area contributed by atoms with Gasteiger partial charge in [-0.2, -0.15) is 0 Å². The number of carbonyl (C=O) groups is 2. The van der Waals surface area contributed by atoms with Crippen molar-refractivity contribution in [2.24, 2.45) is 11.8 Å². The SMILES string of the molecule is CN1CCC(C(=O)c2cccc(C(=O)C3CCN(C)CC3)n2)CC1. The third kappa shape index (κ3) is 3.90. The fourth-order valence-electron chi connectivity index (χ4n) is 3.67. The molecule has 0 amide bonds. The van der Waals surface area contributed by atoms with Crippen LogP contribution < -0.4 is 0 Å². The molecule has 0 unspecified atom stereocenters. The zero-order chi connectivity index (χ0) is 17.1. The van der Waals surface area contributed by atoms with Crippen molar-refractivity contribution in [2.45, 2.75) is 25.7 Å². The van der Waals surface area contributed by atoms with Gasteiger partial charge in [-0.3, -0.25) is 9.59 Å². The Hall–Kier alpha value is -1.59. The Morgan fingerprint density at radius 1 is 0.833 bits per heavy atom. The normalized spacial score (nSPS) is 21.8. The van der Waals surface area contributed by atoms with E-state index in [2.05, 4.69) is 28.9 Å². The first-order chi connectivity index (χ1) is 11.5. The summed E-state index contributed by atoms with van der Waals surface area (Å²) in [5, 5.41) is 0. The van der Waals surface area contributed by atoms with Gasteiger partial charge in [0.1, 0.15) is 11.4 Å². The van der Waals surface area contributed by atoms with E-state index < -0.39 is 0 Å². The summed E-state index contributed by atoms with van der Waals surface area (Å²) in [5.74, 6) is 0.284. The number of Topliss-reactive ketones (excluding diaryl/α,β-unsaturated/α-hetero) is 2. The molecule has 0 aromatic carbocycles. The molecule has 0 aliphatic carbocycles. The van der Waals surface area contributed by atoms with Gasteiger partial charge in [-0.25, -0.2) is 4.98 Å². The molecule has 2 aliphatic heterocycles. The molecule has 24 heavy (non-hydrogen) atoms. The van der Waals surface area contributed by atoms with E-state index in [0.29, 0.717) is 11.4 Å². The highest BCUT2D eigenvalue weighted by Gasteiger charge is 2.28. The highest BCUT2D eigenvalue weighted by Crippen LogP contribution is 2.23. The Kier molecular flexibility index (Phi) is 5.41. The number of carbonyl (C=O) groups excluding carboxylic acids is 2. The van der Waals surface area contributed by atoms with Gasteiger partial charge in [-0.15, -0.1) is 0 Å². The molecule has 130 valence electrons. The number of rotatable bonds is 4. The average Bonchev–Trinajstić information content (AvgIpc) is 2.62. The van der Waals surface area contributed by atoms with E-state index in [4.69, 9.17) is 0 Å². The van der Waals surface area contributed by atoms with Gasteiger partial charge < -0.3 is 9.80 Å². The molecular weight excluding hydrogens is 302 g/mol. The first-order valence-corrected chi connectivity index (χ1v) is 8.97. The first kappa shape index (κ1) is 17.2. The van der Waals surface area contributed by atoms with E-state index in [1.807, 2.05) is 0 Å². The van der Waals surface area contributed by atoms with Crippen LogP contribution in [0, 0.1) is 11.8 Å². The highest BCUT2D eigenvalue weighted by atomic mass is 16.1. The predicted molar refractivity (Wildman–Crippen MR) is 93.3 cm³/mol. The van der Waals surface area contributed by atoms with Crippen molar-refractivity contribution in [2.75, 3.05) is 40.3 Å². The summed E-state index contributed by atoms with van der Waals surface area (Å²) in [7, 11) is 4.17. The number of aromatic nitrogens is 1. The van der Waals surface area contributed by atoms with Gasteiger partial charge >= 0.3 is 0 Å². The maximum absolute atomic E-state index is 12.7. The lowest BCUT2D eigenvalue weighted by Crippen LogP contribution is -2.34. The number of hydrogen-bond acceptors (Lipinski definition) is 5. The molecule has 3 rings (SSSR count). The number of pyridine rings is 1. The van der Waals surface area contributed by atoms with Gasteiger partial charge in [-0.1, -0.05) is 6.07 Å². The van der Waals surface area contributed by atoms with Gasteiger partial charge in [-0.05, 0) is 78.1 Å². The minimum absolute atomic E-state index is 0.0439. The van der Waals surface area contributed by atoms with Crippen LogP contribution in [-0.4, -0.2) is 66.6 Å². The third-order valence-corrected chi connectivity index (χ3v) is 5.43. The summed E-state index contributed by atoms with van der Waals surface area (Å²) in [4.78, 5) is 34.3. The second kappa shape index (κ2) is 7.53. The summed E-state index contributed by atoms with van der Waals surface area (Å²) in [6, 6.07) is 5.32. The lowest BCUT2D eigenvalue weighted by Gasteiger charge is -2.28. The van der Waals surface area contributed by atoms with Gasteiger partial charge in [0.25, 0.3) is 0 Å². The topological polar surface area (TPSA) is 53.5 Å². The minimum atomic E-state index is 0.0439. The highest BCUT2D eigenvalue weighted by molar-refractivity contribution is 6.00. The van der Waals surface area contributed by atoms with Gasteiger partial charge in [0.15, 0.2) is 11.6 Å². The van der Waals surface area contributed by atoms with Crippen LogP contribution in [0.4, 0.5) is 0 Å². The molecule has 0 spiro atoms. The molecule has 0 N–H and O–H groups in total. The molecule has 1 aromatic rings. The molecule has 3 heterocycles. The van der Waals surface area contributed by atoms with E-state index in [-0.39, 0.29) is 23.4 Å². The van der Waals surface area contributed by atoms with Crippen LogP contribution in [0.2, 0.25) is 0 Å². The maximum atomic E-state index is 12.7. The molecule has 0 saturated carbocycles. The second-order valence-corrected chi connectivity index (χ2v) is 7.29. The van der Waals surface area contributed by atoms with Crippen LogP contribution in [0.15, 0.2) is 18.2 Å². The number of likely N-dealkylation sites (tertiary alicyclic amines) is 2. The van der Waals surface area contributed by atoms with Crippen molar-refractivity contribution in [1.82, 2.24) is 14.8 Å². The Morgan fingerprint density at radius 3 is 1.58 bits per heavy atom. The number of piperidine rings is 2. The van der Waals surface area contributed by atoms with E-state index in [0.717, 1.165) is 51.9 Å². The number of nitrogens with zero attached hydrogens (tertiary/aromatic N) is 3. The molecule has 5 nitrogen and oxygen atoms in total. The van der Waals surface area contributed by atoms with Crippen LogP contribution in [0.5, 0.6) is 0 Å². The lowest BCUT2D eigenvalue weighted by atomic mass is 9.89. The molecule has 1 aromatic heterocycles. The zero-order valence-corrected chi connectivity index (χ0v) is 14.7. The van der Waals surface area contributed by atoms with Crippen LogP contribution in [0.3, 0.4) is 0 Å². The molecule has 0 bridgehead atoms. The van der Waals surface area contributed by atoms with Crippen LogP contribution in [-0.2, 0) is 0 Å².